The van der Waals surface area contributed by atoms with Gasteiger partial charge < -0.3 is 5.11 Å². The predicted molar refractivity (Wildman–Crippen MR) is 72.4 cm³/mol. The normalized spacial score (nSPS) is 10.6. The van der Waals surface area contributed by atoms with Crippen LogP contribution in [0, 0.1) is 0 Å². The Morgan fingerprint density at radius 3 is 2.74 bits per heavy atom. The Hall–Kier alpha value is -2.40. The zero-order valence-corrected chi connectivity index (χ0v) is 10.5. The third kappa shape index (κ3) is 3.53. The van der Waals surface area contributed by atoms with Crippen molar-refractivity contribution in [1.29, 1.82) is 0 Å². The van der Waals surface area contributed by atoms with Gasteiger partial charge in [-0.1, -0.05) is 11.6 Å². The van der Waals surface area contributed by atoms with Gasteiger partial charge in [0, 0.05) is 18.0 Å². The molecule has 0 unspecified atom stereocenters. The number of hydrogen-bond acceptors (Lipinski definition) is 4. The summed E-state index contributed by atoms with van der Waals surface area (Å²) in [5.41, 5.74) is 3.50. The van der Waals surface area contributed by atoms with Crippen LogP contribution in [0.15, 0.2) is 47.8 Å². The summed E-state index contributed by atoms with van der Waals surface area (Å²) in [7, 11) is 0. The molecule has 5 nitrogen and oxygen atoms in total. The van der Waals surface area contributed by atoms with Gasteiger partial charge in [-0.15, -0.1) is 0 Å². The molecule has 19 heavy (non-hydrogen) atoms. The van der Waals surface area contributed by atoms with E-state index in [1.165, 1.54) is 24.4 Å². The van der Waals surface area contributed by atoms with Gasteiger partial charge in [-0.25, -0.2) is 5.43 Å². The minimum atomic E-state index is -0.410. The Labute approximate surface area is 114 Å². The number of carbonyl (C=O) groups excluding carboxylic acids is 1. The highest BCUT2D eigenvalue weighted by molar-refractivity contribution is 6.32. The molecule has 0 aliphatic heterocycles. The number of hydrogen-bond donors (Lipinski definition) is 2. The summed E-state index contributed by atoms with van der Waals surface area (Å²) >= 11 is 5.71. The van der Waals surface area contributed by atoms with E-state index in [0.717, 1.165) is 5.56 Å². The van der Waals surface area contributed by atoms with Gasteiger partial charge in [0.1, 0.15) is 5.75 Å². The number of aromatic nitrogens is 1. The first-order chi connectivity index (χ1) is 9.16. The molecule has 1 heterocycles. The number of nitrogens with zero attached hydrogens (tertiary/aromatic N) is 2. The largest absolute Gasteiger partial charge is 0.506 e. The Balaban J connectivity index is 2.01. The highest BCUT2D eigenvalue weighted by Crippen LogP contribution is 2.23. The molecule has 2 N–H and O–H groups in total. The maximum Gasteiger partial charge on any atom is 0.271 e. The molecule has 0 spiro atoms. The molecule has 1 aromatic heterocycles. The highest BCUT2D eigenvalue weighted by Gasteiger charge is 2.06. The lowest BCUT2D eigenvalue weighted by molar-refractivity contribution is 0.0955. The number of amides is 1. The molecule has 2 rings (SSSR count). The number of pyridine rings is 1. The lowest BCUT2D eigenvalue weighted by Crippen LogP contribution is -2.17. The molecular weight excluding hydrogens is 266 g/mol. The van der Waals surface area contributed by atoms with Crippen molar-refractivity contribution < 1.29 is 9.90 Å². The van der Waals surface area contributed by atoms with Crippen molar-refractivity contribution in [3.05, 3.63) is 58.9 Å². The second-order valence-corrected chi connectivity index (χ2v) is 4.05. The number of hydrazone groups is 1. The number of carbonyl (C=O) groups is 1. The van der Waals surface area contributed by atoms with Crippen LogP contribution in [0.3, 0.4) is 0 Å². The van der Waals surface area contributed by atoms with Crippen molar-refractivity contribution in [2.75, 3.05) is 0 Å². The Morgan fingerprint density at radius 1 is 1.32 bits per heavy atom. The number of phenolic OH excluding ortho intramolecular Hbond substituents is 1. The Kier molecular flexibility index (Phi) is 4.10. The van der Waals surface area contributed by atoms with Crippen LogP contribution < -0.4 is 5.43 Å². The van der Waals surface area contributed by atoms with Crippen molar-refractivity contribution in [2.24, 2.45) is 5.10 Å². The second-order valence-electron chi connectivity index (χ2n) is 3.65. The van der Waals surface area contributed by atoms with Gasteiger partial charge in [0.15, 0.2) is 0 Å². The van der Waals surface area contributed by atoms with Gasteiger partial charge in [0.25, 0.3) is 5.91 Å². The van der Waals surface area contributed by atoms with E-state index < -0.39 is 5.91 Å². The summed E-state index contributed by atoms with van der Waals surface area (Å²) in [6.07, 6.45) is 4.76. The van der Waals surface area contributed by atoms with Crippen LogP contribution in [0.4, 0.5) is 0 Å². The van der Waals surface area contributed by atoms with Crippen LogP contribution >= 0.6 is 11.6 Å². The van der Waals surface area contributed by atoms with Gasteiger partial charge >= 0.3 is 0 Å². The lowest BCUT2D eigenvalue weighted by atomic mass is 10.2. The summed E-state index contributed by atoms with van der Waals surface area (Å²) in [6.45, 7) is 0. The number of aromatic hydroxyl groups is 1. The zero-order valence-electron chi connectivity index (χ0n) is 9.75. The third-order valence-electron chi connectivity index (χ3n) is 2.30. The minimum absolute atomic E-state index is 0.0708. The van der Waals surface area contributed by atoms with Crippen LogP contribution in [0.2, 0.25) is 5.02 Å². The first-order valence-electron chi connectivity index (χ1n) is 5.39. The molecular formula is C13H10ClN3O2. The fourth-order valence-corrected chi connectivity index (χ4v) is 1.51. The van der Waals surface area contributed by atoms with Crippen molar-refractivity contribution in [3.8, 4) is 5.75 Å². The van der Waals surface area contributed by atoms with E-state index in [-0.39, 0.29) is 10.8 Å². The van der Waals surface area contributed by atoms with Crippen molar-refractivity contribution in [3.63, 3.8) is 0 Å². The number of benzene rings is 1. The molecule has 0 aliphatic rings. The Bertz CT molecular complexity index is 615. The molecule has 6 heteroatoms. The fourth-order valence-electron chi connectivity index (χ4n) is 1.33. The van der Waals surface area contributed by atoms with E-state index in [1.54, 1.807) is 24.5 Å². The molecule has 0 aliphatic carbocycles. The van der Waals surface area contributed by atoms with Gasteiger partial charge in [-0.2, -0.15) is 5.10 Å². The Morgan fingerprint density at radius 2 is 2.05 bits per heavy atom. The monoisotopic (exact) mass is 275 g/mol. The van der Waals surface area contributed by atoms with Crippen molar-refractivity contribution in [2.45, 2.75) is 0 Å². The quantitative estimate of drug-likeness (QED) is 0.666. The molecule has 96 valence electrons. The van der Waals surface area contributed by atoms with Crippen LogP contribution in [-0.4, -0.2) is 22.2 Å². The number of nitrogens with one attached hydrogen (secondary N) is 1. The summed E-state index contributed by atoms with van der Waals surface area (Å²) in [5.74, 6) is -0.481. The first kappa shape index (κ1) is 13.0. The highest BCUT2D eigenvalue weighted by atomic mass is 35.5. The van der Waals surface area contributed by atoms with Gasteiger partial charge in [-0.05, 0) is 35.9 Å². The molecule has 0 bridgehead atoms. The summed E-state index contributed by atoms with van der Waals surface area (Å²) in [4.78, 5) is 15.6. The number of rotatable bonds is 3. The summed E-state index contributed by atoms with van der Waals surface area (Å²) in [6, 6.07) is 7.69. The summed E-state index contributed by atoms with van der Waals surface area (Å²) in [5, 5.41) is 13.2. The second kappa shape index (κ2) is 5.97. The molecule has 0 saturated carbocycles. The molecule has 0 radical (unpaired) electrons. The van der Waals surface area contributed by atoms with Crippen molar-refractivity contribution >= 4 is 23.7 Å². The maximum atomic E-state index is 11.7. The minimum Gasteiger partial charge on any atom is -0.506 e. The van der Waals surface area contributed by atoms with E-state index in [1.807, 2.05) is 0 Å². The van der Waals surface area contributed by atoms with Gasteiger partial charge in [0.05, 0.1) is 11.2 Å². The van der Waals surface area contributed by atoms with Crippen LogP contribution in [-0.2, 0) is 0 Å². The van der Waals surface area contributed by atoms with E-state index in [2.05, 4.69) is 15.5 Å². The maximum absolute atomic E-state index is 11.7. The third-order valence-corrected chi connectivity index (χ3v) is 2.60. The van der Waals surface area contributed by atoms with E-state index in [0.29, 0.717) is 5.56 Å². The molecule has 0 saturated heterocycles. The topological polar surface area (TPSA) is 74.6 Å². The average molecular weight is 276 g/mol. The van der Waals surface area contributed by atoms with Crippen LogP contribution in [0.5, 0.6) is 5.75 Å². The van der Waals surface area contributed by atoms with Crippen LogP contribution in [0.1, 0.15) is 15.9 Å². The fraction of sp³-hybridized carbons (Fsp3) is 0. The van der Waals surface area contributed by atoms with E-state index >= 15 is 0 Å². The molecule has 1 amide bonds. The lowest BCUT2D eigenvalue weighted by Gasteiger charge is -2.01. The summed E-state index contributed by atoms with van der Waals surface area (Å²) < 4.78 is 0. The molecule has 0 atom stereocenters. The average Bonchev–Trinajstić information content (AvgIpc) is 2.43. The van der Waals surface area contributed by atoms with Crippen molar-refractivity contribution in [1.82, 2.24) is 10.4 Å². The molecule has 2 aromatic rings. The number of halogens is 1. The smallest absolute Gasteiger partial charge is 0.271 e. The van der Waals surface area contributed by atoms with Gasteiger partial charge in [-0.3, -0.25) is 9.78 Å². The van der Waals surface area contributed by atoms with E-state index in [4.69, 9.17) is 11.6 Å². The number of phenols is 1. The molecule has 1 aromatic carbocycles. The van der Waals surface area contributed by atoms with Crippen LogP contribution in [0.25, 0.3) is 0 Å². The molecule has 0 fully saturated rings. The zero-order chi connectivity index (χ0) is 13.7. The first-order valence-corrected chi connectivity index (χ1v) is 5.76. The van der Waals surface area contributed by atoms with E-state index in [9.17, 15) is 9.90 Å². The van der Waals surface area contributed by atoms with Gasteiger partial charge in [0.2, 0.25) is 0 Å². The predicted octanol–water partition coefficient (Wildman–Crippen LogP) is 2.20. The standard InChI is InChI=1S/C13H10ClN3O2/c14-11-7-10(1-2-12(11)18)13(19)17-16-8-9-3-5-15-6-4-9/h1-8,18H,(H,17,19). The SMILES string of the molecule is O=C(NN=Cc1ccncc1)c1ccc(O)c(Cl)c1.